The highest BCUT2D eigenvalue weighted by molar-refractivity contribution is 7.93. The number of sulfonamides is 2. The monoisotopic (exact) mass is 345 g/mol. The van der Waals surface area contributed by atoms with Crippen molar-refractivity contribution in [2.24, 2.45) is 16.0 Å². The number of hydrogen-bond acceptors (Lipinski definition) is 6. The van der Waals surface area contributed by atoms with Crippen LogP contribution < -0.4 is 16.0 Å². The van der Waals surface area contributed by atoms with Gasteiger partial charge in [-0.3, -0.25) is 0 Å². The summed E-state index contributed by atoms with van der Waals surface area (Å²) >= 11 is 0. The van der Waals surface area contributed by atoms with Crippen LogP contribution in [0.1, 0.15) is 12.0 Å². The van der Waals surface area contributed by atoms with Crippen LogP contribution in [0.5, 0.6) is 0 Å². The van der Waals surface area contributed by atoms with Gasteiger partial charge in [0.15, 0.2) is 0 Å². The molecule has 120 valence electrons. The van der Waals surface area contributed by atoms with Crippen LogP contribution in [0.25, 0.3) is 0 Å². The van der Waals surface area contributed by atoms with Crippen LogP contribution in [-0.4, -0.2) is 21.9 Å². The molecule has 0 radical (unpaired) electrons. The Hall–Kier alpha value is -1.72. The maximum atomic E-state index is 11.7. The molecule has 8 nitrogen and oxygen atoms in total. The fourth-order valence-corrected chi connectivity index (χ4v) is 3.77. The highest BCUT2D eigenvalue weighted by atomic mass is 32.2. The molecule has 0 fully saturated rings. The lowest BCUT2D eigenvalue weighted by atomic mass is 9.83. The van der Waals surface area contributed by atoms with E-state index in [0.29, 0.717) is 0 Å². The molecule has 0 spiro atoms. The van der Waals surface area contributed by atoms with Gasteiger partial charge in [0, 0.05) is 6.42 Å². The maximum Gasteiger partial charge on any atom is 0.238 e. The Kier molecular flexibility index (Phi) is 3.92. The number of allylic oxidation sites excluding steroid dienone is 2. The number of aliphatic hydroxyl groups is 1. The first-order valence-corrected chi connectivity index (χ1v) is 9.10. The first kappa shape index (κ1) is 16.6. The third-order valence-electron chi connectivity index (χ3n) is 3.38. The molecule has 0 amide bonds. The lowest BCUT2D eigenvalue weighted by Crippen LogP contribution is -2.43. The van der Waals surface area contributed by atoms with E-state index in [4.69, 9.17) is 16.0 Å². The Morgan fingerprint density at radius 2 is 1.59 bits per heavy atom. The van der Waals surface area contributed by atoms with E-state index in [2.05, 4.69) is 0 Å². The van der Waals surface area contributed by atoms with E-state index in [0.717, 1.165) is 12.2 Å². The summed E-state index contributed by atoms with van der Waals surface area (Å²) in [4.78, 5) is -0.523. The van der Waals surface area contributed by atoms with Crippen LogP contribution in [0.3, 0.4) is 0 Å². The molecule has 0 bridgehead atoms. The van der Waals surface area contributed by atoms with E-state index in [1.807, 2.05) is 0 Å². The molecule has 1 unspecified atom stereocenters. The molecule has 0 aliphatic heterocycles. The van der Waals surface area contributed by atoms with Crippen molar-refractivity contribution >= 4 is 20.0 Å². The van der Waals surface area contributed by atoms with Crippen molar-refractivity contribution in [3.05, 3.63) is 52.6 Å². The van der Waals surface area contributed by atoms with Crippen molar-refractivity contribution in [2.75, 3.05) is 0 Å². The lowest BCUT2D eigenvalue weighted by Gasteiger charge is -2.33. The van der Waals surface area contributed by atoms with Crippen LogP contribution in [0.15, 0.2) is 52.0 Å². The highest BCUT2D eigenvalue weighted by Crippen LogP contribution is 2.38. The molecule has 1 aliphatic carbocycles. The van der Waals surface area contributed by atoms with Gasteiger partial charge in [0.25, 0.3) is 0 Å². The zero-order valence-electron chi connectivity index (χ0n) is 11.3. The fraction of sp³-hybridized carbons (Fsp3) is 0.167. The Bertz CT molecular complexity index is 887. The molecule has 1 aromatic carbocycles. The quantitative estimate of drug-likeness (QED) is 0.576. The summed E-state index contributed by atoms with van der Waals surface area (Å²) in [6.45, 7) is 0. The molecule has 10 heteroatoms. The SMILES string of the molecule is NC1(c2ccccc2S(N)(=O)=O)CC(S(N)(=O)=O)=CC=C1O. The van der Waals surface area contributed by atoms with Crippen molar-refractivity contribution in [1.29, 1.82) is 0 Å². The van der Waals surface area contributed by atoms with E-state index in [1.165, 1.54) is 24.3 Å². The Morgan fingerprint density at radius 1 is 1.00 bits per heavy atom. The van der Waals surface area contributed by atoms with Gasteiger partial charge in [0.1, 0.15) is 11.3 Å². The molecule has 0 aromatic heterocycles. The van der Waals surface area contributed by atoms with E-state index < -0.39 is 31.3 Å². The Labute approximate surface area is 128 Å². The minimum atomic E-state index is -4.12. The second kappa shape index (κ2) is 5.18. The van der Waals surface area contributed by atoms with Gasteiger partial charge in [-0.1, -0.05) is 18.2 Å². The number of primary sulfonamides is 2. The van der Waals surface area contributed by atoms with Gasteiger partial charge >= 0.3 is 0 Å². The molecule has 0 saturated heterocycles. The summed E-state index contributed by atoms with van der Waals surface area (Å²) in [6.07, 6.45) is 1.80. The average Bonchev–Trinajstić information content (AvgIpc) is 2.40. The molecule has 1 aliphatic rings. The number of aliphatic hydroxyl groups excluding tert-OH is 1. The Morgan fingerprint density at radius 3 is 2.14 bits per heavy atom. The van der Waals surface area contributed by atoms with Crippen LogP contribution in [0, 0.1) is 0 Å². The van der Waals surface area contributed by atoms with Gasteiger partial charge in [-0.25, -0.2) is 27.1 Å². The van der Waals surface area contributed by atoms with Crippen molar-refractivity contribution in [3.63, 3.8) is 0 Å². The number of benzene rings is 1. The fourth-order valence-electron chi connectivity index (χ4n) is 2.26. The van der Waals surface area contributed by atoms with Crippen molar-refractivity contribution in [2.45, 2.75) is 16.9 Å². The zero-order chi connectivity index (χ0) is 16.8. The summed E-state index contributed by atoms with van der Waals surface area (Å²) in [5, 5.41) is 20.3. The summed E-state index contributed by atoms with van der Waals surface area (Å²) in [5.41, 5.74) is 4.33. The molecule has 0 heterocycles. The molecule has 22 heavy (non-hydrogen) atoms. The minimum absolute atomic E-state index is 0.0134. The maximum absolute atomic E-state index is 11.7. The average molecular weight is 345 g/mol. The van der Waals surface area contributed by atoms with E-state index in [-0.39, 0.29) is 21.8 Å². The van der Waals surface area contributed by atoms with E-state index >= 15 is 0 Å². The van der Waals surface area contributed by atoms with Gasteiger partial charge in [0.2, 0.25) is 20.0 Å². The molecule has 0 saturated carbocycles. The summed E-state index contributed by atoms with van der Waals surface area (Å²) in [5.74, 6) is -0.393. The summed E-state index contributed by atoms with van der Waals surface area (Å²) in [7, 11) is -8.15. The van der Waals surface area contributed by atoms with Crippen molar-refractivity contribution in [1.82, 2.24) is 0 Å². The predicted molar refractivity (Wildman–Crippen MR) is 80.2 cm³/mol. The van der Waals surface area contributed by atoms with Gasteiger partial charge in [-0.05, 0) is 23.8 Å². The summed E-state index contributed by atoms with van der Waals surface area (Å²) in [6, 6.07) is 5.52. The Balaban J connectivity index is 2.68. The number of nitrogens with two attached hydrogens (primary N) is 3. The standard InChI is InChI=1S/C12H15N3O5S2/c13-12(7-8(21(14,17)18)5-6-11(12)16)9-3-1-2-4-10(9)22(15,19)20/h1-6,16H,7,13H2,(H2,14,17,18)(H2,15,19,20). The van der Waals surface area contributed by atoms with Crippen molar-refractivity contribution in [3.8, 4) is 0 Å². The molecule has 1 atom stereocenters. The van der Waals surface area contributed by atoms with Gasteiger partial charge in [0.05, 0.1) is 9.80 Å². The van der Waals surface area contributed by atoms with Crippen LogP contribution >= 0.6 is 0 Å². The van der Waals surface area contributed by atoms with E-state index in [9.17, 15) is 21.9 Å². The first-order valence-electron chi connectivity index (χ1n) is 6.00. The van der Waals surface area contributed by atoms with Crippen LogP contribution in [0.4, 0.5) is 0 Å². The number of hydrogen-bond donors (Lipinski definition) is 4. The first-order chi connectivity index (χ1) is 9.96. The van der Waals surface area contributed by atoms with Crippen molar-refractivity contribution < 1.29 is 21.9 Å². The third-order valence-corrected chi connectivity index (χ3v) is 5.36. The molecule has 2 rings (SSSR count). The van der Waals surface area contributed by atoms with E-state index in [1.54, 1.807) is 0 Å². The topological polar surface area (TPSA) is 167 Å². The van der Waals surface area contributed by atoms with Gasteiger partial charge < -0.3 is 10.8 Å². The zero-order valence-corrected chi connectivity index (χ0v) is 12.9. The second-order valence-electron chi connectivity index (χ2n) is 4.92. The van der Waals surface area contributed by atoms with Crippen LogP contribution in [-0.2, 0) is 25.6 Å². The smallest absolute Gasteiger partial charge is 0.238 e. The highest BCUT2D eigenvalue weighted by Gasteiger charge is 2.40. The normalized spacial score (nSPS) is 22.9. The van der Waals surface area contributed by atoms with Gasteiger partial charge in [-0.15, -0.1) is 0 Å². The van der Waals surface area contributed by atoms with Gasteiger partial charge in [-0.2, -0.15) is 0 Å². The number of rotatable bonds is 3. The lowest BCUT2D eigenvalue weighted by molar-refractivity contribution is 0.290. The molecular formula is C12H15N3O5S2. The second-order valence-corrected chi connectivity index (χ2v) is 8.06. The van der Waals surface area contributed by atoms with Crippen LogP contribution in [0.2, 0.25) is 0 Å². The third kappa shape index (κ3) is 2.91. The molecule has 1 aromatic rings. The largest absolute Gasteiger partial charge is 0.510 e. The summed E-state index contributed by atoms with van der Waals surface area (Å²) < 4.78 is 46.4. The molecule has 7 N–H and O–H groups in total. The molecular weight excluding hydrogens is 330 g/mol. The predicted octanol–water partition coefficient (Wildman–Crippen LogP) is -0.494. The minimum Gasteiger partial charge on any atom is -0.510 e.